The van der Waals surface area contributed by atoms with Crippen LogP contribution < -0.4 is 4.74 Å². The van der Waals surface area contributed by atoms with E-state index in [1.165, 1.54) is 25.3 Å². The fourth-order valence-corrected chi connectivity index (χ4v) is 1.52. The van der Waals surface area contributed by atoms with Crippen LogP contribution in [-0.4, -0.2) is 24.3 Å². The van der Waals surface area contributed by atoms with Crippen molar-refractivity contribution in [2.75, 3.05) is 7.11 Å². The van der Waals surface area contributed by atoms with Gasteiger partial charge in [0.05, 0.1) is 18.8 Å². The first-order chi connectivity index (χ1) is 8.08. The van der Waals surface area contributed by atoms with Crippen molar-refractivity contribution >= 4 is 5.97 Å². The van der Waals surface area contributed by atoms with E-state index in [4.69, 9.17) is 9.47 Å². The zero-order valence-electron chi connectivity index (χ0n) is 10.4. The molecule has 0 aromatic heterocycles. The third-order valence-corrected chi connectivity index (χ3v) is 2.42. The number of carbonyl (C=O) groups excluding carboxylic acids is 1. The fourth-order valence-electron chi connectivity index (χ4n) is 1.52. The zero-order chi connectivity index (χ0) is 12.8. The number of hydrogen-bond acceptors (Lipinski definition) is 4. The maximum Gasteiger partial charge on any atom is 0.338 e. The summed E-state index contributed by atoms with van der Waals surface area (Å²) >= 11 is 0. The summed E-state index contributed by atoms with van der Waals surface area (Å²) in [5.41, 5.74) is 0.377. The molecule has 1 aromatic carbocycles. The molecule has 0 aliphatic carbocycles. The number of esters is 1. The average Bonchev–Trinajstić information content (AvgIpc) is 2.29. The summed E-state index contributed by atoms with van der Waals surface area (Å²) in [7, 11) is 1.43. The molecule has 0 heterocycles. The quantitative estimate of drug-likeness (QED) is 0.801. The lowest BCUT2D eigenvalue weighted by Crippen LogP contribution is -2.14. The second-order valence-corrected chi connectivity index (χ2v) is 3.89. The van der Waals surface area contributed by atoms with Crippen LogP contribution in [0.25, 0.3) is 0 Å². The molecule has 1 atom stereocenters. The molecule has 4 heteroatoms. The largest absolute Gasteiger partial charge is 0.504 e. The van der Waals surface area contributed by atoms with Crippen molar-refractivity contribution in [2.24, 2.45) is 0 Å². The Labute approximate surface area is 101 Å². The van der Waals surface area contributed by atoms with Crippen molar-refractivity contribution in [3.63, 3.8) is 0 Å². The highest BCUT2D eigenvalue weighted by atomic mass is 16.5. The zero-order valence-corrected chi connectivity index (χ0v) is 10.4. The Hall–Kier alpha value is -1.71. The molecule has 4 nitrogen and oxygen atoms in total. The Morgan fingerprint density at radius 3 is 2.76 bits per heavy atom. The summed E-state index contributed by atoms with van der Waals surface area (Å²) in [4.78, 5) is 11.7. The van der Waals surface area contributed by atoms with Crippen LogP contribution in [0.1, 0.15) is 37.0 Å². The van der Waals surface area contributed by atoms with Crippen molar-refractivity contribution < 1.29 is 19.4 Å². The second kappa shape index (κ2) is 6.13. The number of carbonyl (C=O) groups is 1. The lowest BCUT2D eigenvalue weighted by Gasteiger charge is -2.12. The second-order valence-electron chi connectivity index (χ2n) is 3.89. The third-order valence-electron chi connectivity index (χ3n) is 2.42. The molecule has 1 unspecified atom stereocenters. The summed E-state index contributed by atoms with van der Waals surface area (Å²) in [6, 6.07) is 4.40. The number of aromatic hydroxyl groups is 1. The molecule has 1 aromatic rings. The lowest BCUT2D eigenvalue weighted by atomic mass is 10.2. The highest BCUT2D eigenvalue weighted by Gasteiger charge is 2.13. The molecule has 1 N–H and O–H groups in total. The Morgan fingerprint density at radius 2 is 2.18 bits per heavy atom. The van der Waals surface area contributed by atoms with Gasteiger partial charge in [0.2, 0.25) is 0 Å². The molecular formula is C13H18O4. The van der Waals surface area contributed by atoms with Gasteiger partial charge in [0, 0.05) is 0 Å². The van der Waals surface area contributed by atoms with Gasteiger partial charge in [-0.25, -0.2) is 4.79 Å². The van der Waals surface area contributed by atoms with Crippen molar-refractivity contribution in [3.8, 4) is 11.5 Å². The molecule has 0 saturated carbocycles. The van der Waals surface area contributed by atoms with Crippen LogP contribution in [0.5, 0.6) is 11.5 Å². The maximum absolute atomic E-state index is 11.7. The van der Waals surface area contributed by atoms with Gasteiger partial charge in [-0.2, -0.15) is 0 Å². The Bertz CT molecular complexity index is 387. The smallest absolute Gasteiger partial charge is 0.338 e. The number of methoxy groups -OCH3 is 1. The van der Waals surface area contributed by atoms with E-state index in [1.807, 2.05) is 13.8 Å². The van der Waals surface area contributed by atoms with Crippen LogP contribution >= 0.6 is 0 Å². The first kappa shape index (κ1) is 13.4. The minimum absolute atomic E-state index is 0.00524. The lowest BCUT2D eigenvalue weighted by molar-refractivity contribution is 0.0323. The Morgan fingerprint density at radius 1 is 1.47 bits per heavy atom. The van der Waals surface area contributed by atoms with E-state index < -0.39 is 5.97 Å². The summed E-state index contributed by atoms with van der Waals surface area (Å²) in [5.74, 6) is -0.127. The number of ether oxygens (including phenoxy) is 2. The summed E-state index contributed by atoms with van der Waals surface area (Å²) < 4.78 is 10.2. The fraction of sp³-hybridized carbons (Fsp3) is 0.462. The van der Waals surface area contributed by atoms with Crippen LogP contribution in [0.3, 0.4) is 0 Å². The highest BCUT2D eigenvalue weighted by molar-refractivity contribution is 5.90. The molecule has 94 valence electrons. The van der Waals surface area contributed by atoms with E-state index >= 15 is 0 Å². The summed E-state index contributed by atoms with van der Waals surface area (Å²) in [6.45, 7) is 3.90. The van der Waals surface area contributed by atoms with Crippen LogP contribution in [0, 0.1) is 0 Å². The van der Waals surface area contributed by atoms with Crippen molar-refractivity contribution in [2.45, 2.75) is 32.8 Å². The van der Waals surface area contributed by atoms with E-state index in [2.05, 4.69) is 0 Å². The predicted octanol–water partition coefficient (Wildman–Crippen LogP) is 2.75. The standard InChI is InChI=1S/C13H18O4/c1-4-5-9(2)17-13(15)10-6-7-11(14)12(8-10)16-3/h6-9,14H,4-5H2,1-3H3. The van der Waals surface area contributed by atoms with Gasteiger partial charge < -0.3 is 14.6 Å². The monoisotopic (exact) mass is 238 g/mol. The molecule has 0 aliphatic rings. The van der Waals surface area contributed by atoms with E-state index in [0.717, 1.165) is 12.8 Å². The molecule has 0 spiro atoms. The van der Waals surface area contributed by atoms with Crippen LogP contribution in [0.15, 0.2) is 18.2 Å². The molecule has 17 heavy (non-hydrogen) atoms. The predicted molar refractivity (Wildman–Crippen MR) is 64.4 cm³/mol. The Kier molecular flexibility index (Phi) is 4.82. The first-order valence-corrected chi connectivity index (χ1v) is 5.66. The molecule has 0 radical (unpaired) electrons. The maximum atomic E-state index is 11.7. The molecule has 0 bridgehead atoms. The van der Waals surface area contributed by atoms with Crippen molar-refractivity contribution in [1.29, 1.82) is 0 Å². The number of phenolic OH excluding ortho intramolecular Hbond substituents is 1. The first-order valence-electron chi connectivity index (χ1n) is 5.66. The molecule has 0 fully saturated rings. The number of hydrogen-bond donors (Lipinski definition) is 1. The third kappa shape index (κ3) is 3.66. The van der Waals surface area contributed by atoms with Gasteiger partial charge in [-0.3, -0.25) is 0 Å². The van der Waals surface area contributed by atoms with Gasteiger partial charge in [0.1, 0.15) is 0 Å². The number of phenols is 1. The van der Waals surface area contributed by atoms with Crippen LogP contribution in [-0.2, 0) is 4.74 Å². The van der Waals surface area contributed by atoms with Crippen LogP contribution in [0.2, 0.25) is 0 Å². The normalized spacial score (nSPS) is 11.9. The van der Waals surface area contributed by atoms with Gasteiger partial charge in [0.15, 0.2) is 11.5 Å². The van der Waals surface area contributed by atoms with Crippen molar-refractivity contribution in [1.82, 2.24) is 0 Å². The van der Waals surface area contributed by atoms with Gasteiger partial charge in [-0.15, -0.1) is 0 Å². The minimum atomic E-state index is -0.399. The summed E-state index contributed by atoms with van der Waals surface area (Å²) in [5, 5.41) is 9.41. The molecule has 0 aliphatic heterocycles. The molecule has 1 rings (SSSR count). The number of benzene rings is 1. The molecule has 0 amide bonds. The topological polar surface area (TPSA) is 55.8 Å². The molecular weight excluding hydrogens is 220 g/mol. The van der Waals surface area contributed by atoms with E-state index in [-0.39, 0.29) is 17.6 Å². The highest BCUT2D eigenvalue weighted by Crippen LogP contribution is 2.26. The van der Waals surface area contributed by atoms with Gasteiger partial charge in [-0.05, 0) is 31.5 Å². The minimum Gasteiger partial charge on any atom is -0.504 e. The Balaban J connectivity index is 2.75. The van der Waals surface area contributed by atoms with Crippen molar-refractivity contribution in [3.05, 3.63) is 23.8 Å². The molecule has 0 saturated heterocycles. The number of rotatable bonds is 5. The van der Waals surface area contributed by atoms with E-state index in [9.17, 15) is 9.90 Å². The van der Waals surface area contributed by atoms with E-state index in [0.29, 0.717) is 5.56 Å². The van der Waals surface area contributed by atoms with Gasteiger partial charge in [-0.1, -0.05) is 13.3 Å². The van der Waals surface area contributed by atoms with Gasteiger partial charge in [0.25, 0.3) is 0 Å². The van der Waals surface area contributed by atoms with E-state index in [1.54, 1.807) is 0 Å². The van der Waals surface area contributed by atoms with Gasteiger partial charge >= 0.3 is 5.97 Å². The van der Waals surface area contributed by atoms with Crippen LogP contribution in [0.4, 0.5) is 0 Å². The average molecular weight is 238 g/mol. The SMILES string of the molecule is CCCC(C)OC(=O)c1ccc(O)c(OC)c1. The summed E-state index contributed by atoms with van der Waals surface area (Å²) in [6.07, 6.45) is 1.70.